The number of anilines is 1. The predicted molar refractivity (Wildman–Crippen MR) is 56.0 cm³/mol. The molecule has 0 atom stereocenters. The molecule has 0 saturated carbocycles. The van der Waals surface area contributed by atoms with E-state index in [-0.39, 0.29) is 0 Å². The molecular formula is C9H12N6. The quantitative estimate of drug-likeness (QED) is 0.780. The molecule has 0 aliphatic rings. The molecule has 78 valence electrons. The zero-order valence-corrected chi connectivity index (χ0v) is 8.89. The molecule has 0 unspecified atom stereocenters. The molecule has 0 spiro atoms. The molecule has 0 amide bonds. The molecular weight excluding hydrogens is 192 g/mol. The lowest BCUT2D eigenvalue weighted by atomic mass is 10.6. The number of hydrogen-bond donors (Lipinski definition) is 1. The number of nitrogens with one attached hydrogen (secondary N) is 1. The number of rotatable bonds is 2. The largest absolute Gasteiger partial charge is 0.372 e. The Bertz CT molecular complexity index is 475. The molecule has 2 rings (SSSR count). The topological polar surface area (TPSA) is 68.5 Å². The van der Waals surface area contributed by atoms with Gasteiger partial charge in [0, 0.05) is 7.05 Å². The third-order valence-corrected chi connectivity index (χ3v) is 1.97. The second-order valence-corrected chi connectivity index (χ2v) is 3.13. The van der Waals surface area contributed by atoms with Crippen LogP contribution in [0.4, 0.5) is 5.82 Å². The normalized spacial score (nSPS) is 10.3. The highest BCUT2D eigenvalue weighted by Gasteiger charge is 2.06. The molecule has 0 bridgehead atoms. The maximum absolute atomic E-state index is 4.32. The Balaban J connectivity index is 2.49. The van der Waals surface area contributed by atoms with Gasteiger partial charge < -0.3 is 5.32 Å². The standard InChI is InChI=1S/C9H12N6/c1-6-12-7(2)15(14-6)9-5-11-4-8(10-3)13-9/h4-5H,1-3H3,(H,10,13). The van der Waals surface area contributed by atoms with Crippen molar-refractivity contribution in [2.24, 2.45) is 0 Å². The highest BCUT2D eigenvalue weighted by molar-refractivity contribution is 5.34. The summed E-state index contributed by atoms with van der Waals surface area (Å²) in [6.07, 6.45) is 3.31. The molecule has 0 radical (unpaired) electrons. The van der Waals surface area contributed by atoms with Crippen molar-refractivity contribution in [1.29, 1.82) is 0 Å². The van der Waals surface area contributed by atoms with Crippen LogP contribution in [0.2, 0.25) is 0 Å². The van der Waals surface area contributed by atoms with Crippen molar-refractivity contribution in [1.82, 2.24) is 24.7 Å². The molecule has 0 saturated heterocycles. The average molecular weight is 204 g/mol. The summed E-state index contributed by atoms with van der Waals surface area (Å²) in [7, 11) is 1.80. The van der Waals surface area contributed by atoms with Crippen molar-refractivity contribution >= 4 is 5.82 Å². The van der Waals surface area contributed by atoms with Crippen LogP contribution in [0.5, 0.6) is 0 Å². The van der Waals surface area contributed by atoms with E-state index in [0.29, 0.717) is 11.6 Å². The Hall–Kier alpha value is -1.98. The molecule has 0 aliphatic carbocycles. The minimum absolute atomic E-state index is 0.667. The molecule has 1 N–H and O–H groups in total. The molecule has 0 fully saturated rings. The SMILES string of the molecule is CNc1cncc(-n2nc(C)nc2C)n1. The van der Waals surface area contributed by atoms with Gasteiger partial charge in [-0.25, -0.2) is 9.97 Å². The van der Waals surface area contributed by atoms with Crippen molar-refractivity contribution in [2.45, 2.75) is 13.8 Å². The first-order chi connectivity index (χ1) is 7.20. The minimum Gasteiger partial charge on any atom is -0.372 e. The molecule has 2 aromatic rings. The van der Waals surface area contributed by atoms with Crippen LogP contribution in [0.15, 0.2) is 12.4 Å². The van der Waals surface area contributed by atoms with Crippen LogP contribution >= 0.6 is 0 Å². The van der Waals surface area contributed by atoms with Gasteiger partial charge in [0.1, 0.15) is 17.5 Å². The van der Waals surface area contributed by atoms with Gasteiger partial charge >= 0.3 is 0 Å². The molecule has 0 aliphatic heterocycles. The zero-order valence-electron chi connectivity index (χ0n) is 8.89. The molecule has 2 heterocycles. The van der Waals surface area contributed by atoms with E-state index in [4.69, 9.17) is 0 Å². The second kappa shape index (κ2) is 3.64. The van der Waals surface area contributed by atoms with Crippen molar-refractivity contribution < 1.29 is 0 Å². The number of aryl methyl sites for hydroxylation is 2. The first-order valence-corrected chi connectivity index (χ1v) is 4.61. The third kappa shape index (κ3) is 1.78. The van der Waals surface area contributed by atoms with Gasteiger partial charge in [0.2, 0.25) is 0 Å². The van der Waals surface area contributed by atoms with Crippen LogP contribution in [-0.4, -0.2) is 31.8 Å². The van der Waals surface area contributed by atoms with Crippen molar-refractivity contribution in [3.63, 3.8) is 0 Å². The first-order valence-electron chi connectivity index (χ1n) is 4.61. The number of nitrogens with zero attached hydrogens (tertiary/aromatic N) is 5. The lowest BCUT2D eigenvalue weighted by Gasteiger charge is -2.03. The molecule has 15 heavy (non-hydrogen) atoms. The predicted octanol–water partition coefficient (Wildman–Crippen LogP) is 0.716. The lowest BCUT2D eigenvalue weighted by molar-refractivity contribution is 0.798. The van der Waals surface area contributed by atoms with Gasteiger partial charge in [-0.15, -0.1) is 5.10 Å². The van der Waals surface area contributed by atoms with Crippen molar-refractivity contribution in [3.8, 4) is 5.82 Å². The van der Waals surface area contributed by atoms with Gasteiger partial charge in [-0.1, -0.05) is 0 Å². The third-order valence-electron chi connectivity index (χ3n) is 1.97. The maximum Gasteiger partial charge on any atom is 0.176 e. The highest BCUT2D eigenvalue weighted by Crippen LogP contribution is 2.07. The molecule has 2 aromatic heterocycles. The van der Waals surface area contributed by atoms with E-state index in [0.717, 1.165) is 11.6 Å². The Kier molecular flexibility index (Phi) is 2.32. The number of aromatic nitrogens is 5. The van der Waals surface area contributed by atoms with Crippen molar-refractivity contribution in [3.05, 3.63) is 24.0 Å². The fourth-order valence-corrected chi connectivity index (χ4v) is 1.32. The average Bonchev–Trinajstić information content (AvgIpc) is 2.58. The van der Waals surface area contributed by atoms with E-state index in [9.17, 15) is 0 Å². The van der Waals surface area contributed by atoms with Gasteiger partial charge in [-0.2, -0.15) is 4.68 Å². The smallest absolute Gasteiger partial charge is 0.176 e. The van der Waals surface area contributed by atoms with E-state index < -0.39 is 0 Å². The van der Waals surface area contributed by atoms with Crippen LogP contribution < -0.4 is 5.32 Å². The van der Waals surface area contributed by atoms with E-state index in [1.54, 1.807) is 24.1 Å². The van der Waals surface area contributed by atoms with Crippen LogP contribution in [0.25, 0.3) is 5.82 Å². The summed E-state index contributed by atoms with van der Waals surface area (Å²) in [6.45, 7) is 3.73. The van der Waals surface area contributed by atoms with Crippen LogP contribution in [0.3, 0.4) is 0 Å². The Morgan fingerprint density at radius 1 is 1.20 bits per heavy atom. The van der Waals surface area contributed by atoms with Gasteiger partial charge in [0.15, 0.2) is 5.82 Å². The monoisotopic (exact) mass is 204 g/mol. The summed E-state index contributed by atoms with van der Waals surface area (Å²) >= 11 is 0. The highest BCUT2D eigenvalue weighted by atomic mass is 15.4. The summed E-state index contributed by atoms with van der Waals surface area (Å²) in [5, 5.41) is 7.16. The maximum atomic E-state index is 4.32. The Morgan fingerprint density at radius 2 is 2.00 bits per heavy atom. The summed E-state index contributed by atoms with van der Waals surface area (Å²) in [5.74, 6) is 2.90. The van der Waals surface area contributed by atoms with Gasteiger partial charge in [0.05, 0.1) is 12.4 Å². The van der Waals surface area contributed by atoms with E-state index in [1.807, 2.05) is 13.8 Å². The van der Waals surface area contributed by atoms with Crippen molar-refractivity contribution in [2.75, 3.05) is 12.4 Å². The molecule has 6 heteroatoms. The van der Waals surface area contributed by atoms with Gasteiger partial charge in [0.25, 0.3) is 0 Å². The van der Waals surface area contributed by atoms with Gasteiger partial charge in [-0.3, -0.25) is 4.98 Å². The summed E-state index contributed by atoms with van der Waals surface area (Å²) < 4.78 is 1.67. The second-order valence-electron chi connectivity index (χ2n) is 3.13. The summed E-state index contributed by atoms with van der Waals surface area (Å²) in [4.78, 5) is 12.6. The van der Waals surface area contributed by atoms with Crippen LogP contribution in [0, 0.1) is 13.8 Å². The molecule has 0 aromatic carbocycles. The minimum atomic E-state index is 0.667. The summed E-state index contributed by atoms with van der Waals surface area (Å²) in [6, 6.07) is 0. The lowest BCUT2D eigenvalue weighted by Crippen LogP contribution is -2.04. The Labute approximate surface area is 87.4 Å². The first kappa shape index (κ1) is 9.57. The van der Waals surface area contributed by atoms with E-state index >= 15 is 0 Å². The van der Waals surface area contributed by atoms with Crippen LogP contribution in [-0.2, 0) is 0 Å². The number of hydrogen-bond acceptors (Lipinski definition) is 5. The van der Waals surface area contributed by atoms with Crippen LogP contribution in [0.1, 0.15) is 11.6 Å². The fourth-order valence-electron chi connectivity index (χ4n) is 1.32. The molecule has 6 nitrogen and oxygen atoms in total. The van der Waals surface area contributed by atoms with E-state index in [1.165, 1.54) is 0 Å². The Morgan fingerprint density at radius 3 is 2.60 bits per heavy atom. The zero-order chi connectivity index (χ0) is 10.8. The van der Waals surface area contributed by atoms with Gasteiger partial charge in [-0.05, 0) is 13.8 Å². The summed E-state index contributed by atoms with van der Waals surface area (Å²) in [5.41, 5.74) is 0. The van der Waals surface area contributed by atoms with E-state index in [2.05, 4.69) is 25.4 Å². The fraction of sp³-hybridized carbons (Fsp3) is 0.333.